The van der Waals surface area contributed by atoms with Gasteiger partial charge in [-0.05, 0) is 30.7 Å². The molecule has 128 valence electrons. The Kier molecular flexibility index (Phi) is 4.10. The fraction of sp³-hybridized carbons (Fsp3) is 0.250. The molecule has 4 rings (SSSR count). The number of nitrogens with zero attached hydrogens (tertiary/aromatic N) is 5. The summed E-state index contributed by atoms with van der Waals surface area (Å²) in [7, 11) is 0. The summed E-state index contributed by atoms with van der Waals surface area (Å²) >= 11 is 6.05. The number of amides is 2. The molecule has 0 bridgehead atoms. The summed E-state index contributed by atoms with van der Waals surface area (Å²) in [6.07, 6.45) is 2.42. The maximum atomic E-state index is 12.2. The summed E-state index contributed by atoms with van der Waals surface area (Å²) < 4.78 is 1.64. The fourth-order valence-electron chi connectivity index (χ4n) is 2.88. The van der Waals surface area contributed by atoms with Crippen LogP contribution in [-0.2, 0) is 0 Å². The summed E-state index contributed by atoms with van der Waals surface area (Å²) in [6.45, 7) is 1.51. The van der Waals surface area contributed by atoms with Gasteiger partial charge < -0.3 is 15.5 Å². The van der Waals surface area contributed by atoms with E-state index in [9.17, 15) is 4.79 Å². The van der Waals surface area contributed by atoms with Crippen molar-refractivity contribution in [2.24, 2.45) is 0 Å². The molecule has 3 heterocycles. The predicted octanol–water partition coefficient (Wildman–Crippen LogP) is 2.18. The van der Waals surface area contributed by atoms with Gasteiger partial charge in [0.1, 0.15) is 12.1 Å². The van der Waals surface area contributed by atoms with Crippen LogP contribution in [0.1, 0.15) is 6.42 Å². The summed E-state index contributed by atoms with van der Waals surface area (Å²) in [5.41, 5.74) is 1.30. The number of halogens is 1. The van der Waals surface area contributed by atoms with Crippen molar-refractivity contribution >= 4 is 34.8 Å². The van der Waals surface area contributed by atoms with Crippen LogP contribution in [0, 0.1) is 0 Å². The molecule has 0 unspecified atom stereocenters. The van der Waals surface area contributed by atoms with Crippen LogP contribution >= 0.6 is 11.6 Å². The Balaban J connectivity index is 1.37. The van der Waals surface area contributed by atoms with E-state index in [2.05, 4.69) is 30.8 Å². The fourth-order valence-corrected chi connectivity index (χ4v) is 3.06. The second kappa shape index (κ2) is 6.56. The maximum Gasteiger partial charge on any atom is 0.319 e. The minimum atomic E-state index is -0.262. The van der Waals surface area contributed by atoms with E-state index in [-0.39, 0.29) is 12.1 Å². The van der Waals surface area contributed by atoms with Gasteiger partial charge in [0.2, 0.25) is 0 Å². The van der Waals surface area contributed by atoms with Crippen molar-refractivity contribution in [2.75, 3.05) is 23.3 Å². The Labute approximate surface area is 148 Å². The smallest absolute Gasteiger partial charge is 0.319 e. The Morgan fingerprint density at radius 3 is 3.00 bits per heavy atom. The first-order valence-electron chi connectivity index (χ1n) is 7.93. The van der Waals surface area contributed by atoms with E-state index in [1.807, 2.05) is 24.3 Å². The lowest BCUT2D eigenvalue weighted by molar-refractivity contribution is 0.249. The number of urea groups is 1. The predicted molar refractivity (Wildman–Crippen MR) is 95.0 cm³/mol. The van der Waals surface area contributed by atoms with Gasteiger partial charge in [0.25, 0.3) is 0 Å². The molecule has 9 heteroatoms. The van der Waals surface area contributed by atoms with Crippen molar-refractivity contribution in [3.05, 3.63) is 47.7 Å². The quantitative estimate of drug-likeness (QED) is 0.750. The number of aromatic nitrogens is 4. The lowest BCUT2D eigenvalue weighted by Crippen LogP contribution is -2.39. The first-order chi connectivity index (χ1) is 12.2. The second-order valence-corrected chi connectivity index (χ2v) is 6.24. The average Bonchev–Trinajstić information content (AvgIpc) is 3.25. The molecule has 2 amide bonds. The van der Waals surface area contributed by atoms with Crippen LogP contribution in [0.15, 0.2) is 42.7 Å². The summed E-state index contributed by atoms with van der Waals surface area (Å²) in [4.78, 5) is 14.3. The Morgan fingerprint density at radius 1 is 1.24 bits per heavy atom. The lowest BCUT2D eigenvalue weighted by Gasteiger charge is -2.18. The molecule has 8 nitrogen and oxygen atoms in total. The van der Waals surface area contributed by atoms with Gasteiger partial charge in [-0.25, -0.2) is 4.79 Å². The van der Waals surface area contributed by atoms with E-state index in [0.717, 1.165) is 18.8 Å². The minimum Gasteiger partial charge on any atom is -0.353 e. The van der Waals surface area contributed by atoms with Gasteiger partial charge in [0, 0.05) is 19.1 Å². The summed E-state index contributed by atoms with van der Waals surface area (Å²) in [6, 6.07) is 10.7. The van der Waals surface area contributed by atoms with Crippen LogP contribution in [0.3, 0.4) is 0 Å². The first kappa shape index (κ1) is 15.6. The van der Waals surface area contributed by atoms with Crippen LogP contribution in [0.2, 0.25) is 5.02 Å². The molecule has 1 aliphatic rings. The average molecular weight is 358 g/mol. The highest BCUT2D eigenvalue weighted by molar-refractivity contribution is 6.33. The van der Waals surface area contributed by atoms with Crippen LogP contribution in [0.5, 0.6) is 0 Å². The Hall–Kier alpha value is -2.87. The number of benzene rings is 1. The molecule has 0 aliphatic carbocycles. The van der Waals surface area contributed by atoms with E-state index in [1.165, 1.54) is 0 Å². The highest BCUT2D eigenvalue weighted by atomic mass is 35.5. The maximum absolute atomic E-state index is 12.2. The van der Waals surface area contributed by atoms with Gasteiger partial charge in [-0.2, -0.15) is 4.52 Å². The van der Waals surface area contributed by atoms with E-state index in [1.54, 1.807) is 23.0 Å². The summed E-state index contributed by atoms with van der Waals surface area (Å²) in [5, 5.41) is 18.5. The van der Waals surface area contributed by atoms with Crippen molar-refractivity contribution < 1.29 is 4.79 Å². The van der Waals surface area contributed by atoms with Crippen LogP contribution < -0.4 is 15.5 Å². The van der Waals surface area contributed by atoms with Crippen LogP contribution in [-0.4, -0.2) is 45.0 Å². The van der Waals surface area contributed by atoms with Crippen LogP contribution in [0.4, 0.5) is 16.3 Å². The number of para-hydroxylation sites is 1. The van der Waals surface area contributed by atoms with Gasteiger partial charge in [0.15, 0.2) is 5.65 Å². The molecule has 2 aromatic heterocycles. The molecule has 1 aliphatic heterocycles. The topological polar surface area (TPSA) is 87.5 Å². The third-order valence-corrected chi connectivity index (χ3v) is 4.45. The molecular weight excluding hydrogens is 342 g/mol. The highest BCUT2D eigenvalue weighted by Gasteiger charge is 2.25. The van der Waals surface area contributed by atoms with Crippen molar-refractivity contribution in [1.29, 1.82) is 0 Å². The minimum absolute atomic E-state index is 0.0425. The zero-order valence-corrected chi connectivity index (χ0v) is 14.0. The zero-order chi connectivity index (χ0) is 17.2. The van der Waals surface area contributed by atoms with E-state index < -0.39 is 0 Å². The monoisotopic (exact) mass is 357 g/mol. The van der Waals surface area contributed by atoms with Crippen molar-refractivity contribution in [2.45, 2.75) is 12.5 Å². The SMILES string of the molecule is O=C(Nc1ccccc1Cl)N[C@@H]1CCN(c2ccc3nncn3n2)C1. The molecule has 1 atom stereocenters. The van der Waals surface area contributed by atoms with Crippen molar-refractivity contribution in [3.8, 4) is 0 Å². The number of hydrogen-bond donors (Lipinski definition) is 2. The van der Waals surface area contributed by atoms with Gasteiger partial charge in [-0.3, -0.25) is 0 Å². The first-order valence-corrected chi connectivity index (χ1v) is 8.31. The number of hydrogen-bond acceptors (Lipinski definition) is 5. The molecule has 2 N–H and O–H groups in total. The number of fused-ring (bicyclic) bond motifs is 1. The number of rotatable bonds is 3. The number of anilines is 2. The molecule has 1 saturated heterocycles. The third-order valence-electron chi connectivity index (χ3n) is 4.12. The lowest BCUT2D eigenvalue weighted by atomic mass is 10.3. The van der Waals surface area contributed by atoms with Gasteiger partial charge >= 0.3 is 6.03 Å². The second-order valence-electron chi connectivity index (χ2n) is 5.84. The van der Waals surface area contributed by atoms with Crippen molar-refractivity contribution in [3.63, 3.8) is 0 Å². The standard InChI is InChI=1S/C16H16ClN7O/c17-12-3-1-2-4-13(12)20-16(25)19-11-7-8-23(9-11)15-6-5-14-21-18-10-24(14)22-15/h1-6,10-11H,7-9H2,(H2,19,20,25)/t11-/m1/s1. The van der Waals surface area contributed by atoms with Crippen molar-refractivity contribution in [1.82, 2.24) is 25.1 Å². The van der Waals surface area contributed by atoms with Gasteiger partial charge in [0.05, 0.1) is 10.7 Å². The van der Waals surface area contributed by atoms with E-state index >= 15 is 0 Å². The van der Waals surface area contributed by atoms with Gasteiger partial charge in [-0.15, -0.1) is 15.3 Å². The number of carbonyl (C=O) groups excluding carboxylic acids is 1. The molecule has 1 aromatic carbocycles. The largest absolute Gasteiger partial charge is 0.353 e. The molecule has 1 fully saturated rings. The van der Waals surface area contributed by atoms with E-state index in [0.29, 0.717) is 22.9 Å². The molecular formula is C16H16ClN7O. The third kappa shape index (κ3) is 3.34. The Bertz CT molecular complexity index is 912. The molecule has 25 heavy (non-hydrogen) atoms. The van der Waals surface area contributed by atoms with Gasteiger partial charge in [-0.1, -0.05) is 23.7 Å². The highest BCUT2D eigenvalue weighted by Crippen LogP contribution is 2.21. The molecule has 0 radical (unpaired) electrons. The number of carbonyl (C=O) groups is 1. The molecule has 0 saturated carbocycles. The number of nitrogens with one attached hydrogen (secondary N) is 2. The normalized spacial score (nSPS) is 17.0. The van der Waals surface area contributed by atoms with E-state index in [4.69, 9.17) is 11.6 Å². The summed E-state index contributed by atoms with van der Waals surface area (Å²) in [5.74, 6) is 0.836. The van der Waals surface area contributed by atoms with Crippen LogP contribution in [0.25, 0.3) is 5.65 Å². The molecule has 3 aromatic rings. The molecule has 0 spiro atoms. The Morgan fingerprint density at radius 2 is 2.12 bits per heavy atom. The zero-order valence-electron chi connectivity index (χ0n) is 13.3.